The van der Waals surface area contributed by atoms with E-state index in [2.05, 4.69) is 4.90 Å². The van der Waals surface area contributed by atoms with Crippen LogP contribution in [0.15, 0.2) is 18.2 Å². The molecule has 0 aliphatic carbocycles. The zero-order valence-corrected chi connectivity index (χ0v) is 10.9. The van der Waals surface area contributed by atoms with E-state index >= 15 is 0 Å². The van der Waals surface area contributed by atoms with Crippen molar-refractivity contribution in [2.45, 2.75) is 59.9 Å². The van der Waals surface area contributed by atoms with Crippen LogP contribution >= 0.6 is 0 Å². The van der Waals surface area contributed by atoms with E-state index in [1.807, 2.05) is 6.07 Å². The molecule has 1 aromatic rings. The van der Waals surface area contributed by atoms with Gasteiger partial charge in [-0.15, -0.1) is 0 Å². The third-order valence-electron chi connectivity index (χ3n) is 3.66. The first-order valence-electron chi connectivity index (χ1n) is 6.99. The first kappa shape index (κ1) is 18.8. The standard InChI is InChI=1S/C15H23NO2.2CH4/c17-14-8-7-13(15(18)11-14)12-16-9-5-3-1-2-4-6-10-16;;/h7-8,11,17-18H,1-6,9-10,12H2;2*1H4. The van der Waals surface area contributed by atoms with E-state index in [-0.39, 0.29) is 26.4 Å². The predicted octanol–water partition coefficient (Wildman–Crippen LogP) is 4.53. The van der Waals surface area contributed by atoms with Gasteiger partial charge in [-0.1, -0.05) is 46.6 Å². The molecule has 1 heterocycles. The highest BCUT2D eigenvalue weighted by molar-refractivity contribution is 5.38. The van der Waals surface area contributed by atoms with Crippen molar-refractivity contribution in [2.75, 3.05) is 13.1 Å². The van der Waals surface area contributed by atoms with Crippen molar-refractivity contribution >= 4 is 0 Å². The van der Waals surface area contributed by atoms with E-state index in [0.717, 1.165) is 25.2 Å². The van der Waals surface area contributed by atoms with Gasteiger partial charge < -0.3 is 10.2 Å². The molecule has 1 aromatic carbocycles. The lowest BCUT2D eigenvalue weighted by Crippen LogP contribution is -2.25. The van der Waals surface area contributed by atoms with Crippen LogP contribution in [0.1, 0.15) is 58.9 Å². The molecular weight excluding hydrogens is 250 g/mol. The summed E-state index contributed by atoms with van der Waals surface area (Å²) in [5.41, 5.74) is 0.909. The summed E-state index contributed by atoms with van der Waals surface area (Å²) in [4.78, 5) is 2.41. The second kappa shape index (κ2) is 9.65. The van der Waals surface area contributed by atoms with Crippen molar-refractivity contribution in [3.8, 4) is 11.5 Å². The number of nitrogens with zero attached hydrogens (tertiary/aromatic N) is 1. The van der Waals surface area contributed by atoms with Gasteiger partial charge in [0.25, 0.3) is 0 Å². The Labute approximate surface area is 124 Å². The quantitative estimate of drug-likeness (QED) is 0.837. The van der Waals surface area contributed by atoms with Crippen molar-refractivity contribution in [1.82, 2.24) is 4.90 Å². The summed E-state index contributed by atoms with van der Waals surface area (Å²) in [5.74, 6) is 0.329. The Balaban J connectivity index is 0.00000180. The molecule has 0 saturated carbocycles. The van der Waals surface area contributed by atoms with Crippen LogP contribution in [0.4, 0.5) is 0 Å². The number of phenols is 2. The summed E-state index contributed by atoms with van der Waals surface area (Å²) in [5, 5.41) is 19.1. The average molecular weight is 281 g/mol. The largest absolute Gasteiger partial charge is 0.508 e. The summed E-state index contributed by atoms with van der Waals surface area (Å²) in [6.45, 7) is 3.01. The second-order valence-electron chi connectivity index (χ2n) is 5.21. The maximum absolute atomic E-state index is 9.82. The summed E-state index contributed by atoms with van der Waals surface area (Å²) in [6.07, 6.45) is 7.85. The van der Waals surface area contributed by atoms with Gasteiger partial charge in [0, 0.05) is 18.2 Å². The van der Waals surface area contributed by atoms with Gasteiger partial charge in [0.15, 0.2) is 0 Å². The molecule has 0 bridgehead atoms. The molecule has 0 atom stereocenters. The molecule has 0 radical (unpaired) electrons. The molecule has 2 rings (SSSR count). The van der Waals surface area contributed by atoms with E-state index in [1.54, 1.807) is 6.07 Å². The Hall–Kier alpha value is -1.22. The molecule has 0 spiro atoms. The molecule has 0 unspecified atom stereocenters. The van der Waals surface area contributed by atoms with E-state index in [1.165, 1.54) is 44.6 Å². The zero-order chi connectivity index (χ0) is 12.8. The Morgan fingerprint density at radius 2 is 1.40 bits per heavy atom. The van der Waals surface area contributed by atoms with E-state index in [9.17, 15) is 10.2 Å². The van der Waals surface area contributed by atoms with Gasteiger partial charge in [-0.25, -0.2) is 0 Å². The Morgan fingerprint density at radius 3 is 1.95 bits per heavy atom. The van der Waals surface area contributed by atoms with Crippen molar-refractivity contribution in [3.63, 3.8) is 0 Å². The maximum Gasteiger partial charge on any atom is 0.123 e. The summed E-state index contributed by atoms with van der Waals surface area (Å²) >= 11 is 0. The molecule has 20 heavy (non-hydrogen) atoms. The Bertz CT molecular complexity index is 369. The highest BCUT2D eigenvalue weighted by atomic mass is 16.3. The van der Waals surface area contributed by atoms with Crippen molar-refractivity contribution in [2.24, 2.45) is 0 Å². The molecule has 1 aliphatic heterocycles. The first-order chi connectivity index (χ1) is 8.75. The summed E-state index contributed by atoms with van der Waals surface area (Å²) < 4.78 is 0. The van der Waals surface area contributed by atoms with Crippen LogP contribution in [0.2, 0.25) is 0 Å². The molecule has 1 aliphatic rings. The lowest BCUT2D eigenvalue weighted by molar-refractivity contribution is 0.257. The lowest BCUT2D eigenvalue weighted by Gasteiger charge is -2.22. The van der Waals surface area contributed by atoms with Crippen LogP contribution in [-0.4, -0.2) is 28.2 Å². The van der Waals surface area contributed by atoms with Gasteiger partial charge in [0.1, 0.15) is 11.5 Å². The van der Waals surface area contributed by atoms with E-state index in [4.69, 9.17) is 0 Å². The smallest absolute Gasteiger partial charge is 0.123 e. The maximum atomic E-state index is 9.82. The van der Waals surface area contributed by atoms with Gasteiger partial charge in [-0.3, -0.25) is 4.90 Å². The van der Waals surface area contributed by atoms with E-state index < -0.39 is 0 Å². The SMILES string of the molecule is C.C.Oc1ccc(CN2CCCCCCCC2)c(O)c1. The highest BCUT2D eigenvalue weighted by Crippen LogP contribution is 2.24. The van der Waals surface area contributed by atoms with Gasteiger partial charge in [0.05, 0.1) is 0 Å². The fourth-order valence-corrected chi connectivity index (χ4v) is 2.57. The predicted molar refractivity (Wildman–Crippen MR) is 86.2 cm³/mol. The fourth-order valence-electron chi connectivity index (χ4n) is 2.57. The minimum absolute atomic E-state index is 0. The topological polar surface area (TPSA) is 43.7 Å². The lowest BCUT2D eigenvalue weighted by atomic mass is 10.1. The number of rotatable bonds is 2. The van der Waals surface area contributed by atoms with Crippen LogP contribution < -0.4 is 0 Å². The van der Waals surface area contributed by atoms with Crippen LogP contribution in [0.25, 0.3) is 0 Å². The molecule has 1 fully saturated rings. The van der Waals surface area contributed by atoms with Crippen LogP contribution in [-0.2, 0) is 6.54 Å². The minimum atomic E-state index is 0. The molecule has 1 saturated heterocycles. The van der Waals surface area contributed by atoms with E-state index in [0.29, 0.717) is 0 Å². The Kier molecular flexibility index (Phi) is 9.06. The third-order valence-corrected chi connectivity index (χ3v) is 3.66. The highest BCUT2D eigenvalue weighted by Gasteiger charge is 2.10. The van der Waals surface area contributed by atoms with Gasteiger partial charge in [0.2, 0.25) is 0 Å². The number of phenolic OH excluding ortho intramolecular Hbond substituents is 2. The second-order valence-corrected chi connectivity index (χ2v) is 5.21. The molecule has 116 valence electrons. The number of aromatic hydroxyl groups is 2. The van der Waals surface area contributed by atoms with Crippen LogP contribution in [0.3, 0.4) is 0 Å². The normalized spacial score (nSPS) is 17.0. The monoisotopic (exact) mass is 281 g/mol. The van der Waals surface area contributed by atoms with Crippen molar-refractivity contribution in [3.05, 3.63) is 23.8 Å². The number of hydrogen-bond donors (Lipinski definition) is 2. The fraction of sp³-hybridized carbons (Fsp3) is 0.647. The summed E-state index contributed by atoms with van der Waals surface area (Å²) in [7, 11) is 0. The summed E-state index contributed by atoms with van der Waals surface area (Å²) in [6, 6.07) is 4.88. The van der Waals surface area contributed by atoms with Crippen molar-refractivity contribution in [1.29, 1.82) is 0 Å². The average Bonchev–Trinajstić information content (AvgIpc) is 2.47. The zero-order valence-electron chi connectivity index (χ0n) is 10.9. The molecule has 3 nitrogen and oxygen atoms in total. The van der Waals surface area contributed by atoms with Gasteiger partial charge >= 0.3 is 0 Å². The minimum Gasteiger partial charge on any atom is -0.508 e. The number of benzene rings is 1. The van der Waals surface area contributed by atoms with Crippen LogP contribution in [0, 0.1) is 0 Å². The molecule has 3 heteroatoms. The third kappa shape index (κ3) is 5.83. The van der Waals surface area contributed by atoms with Gasteiger partial charge in [-0.2, -0.15) is 0 Å². The van der Waals surface area contributed by atoms with Crippen molar-refractivity contribution < 1.29 is 10.2 Å². The molecule has 2 N–H and O–H groups in total. The first-order valence-corrected chi connectivity index (χ1v) is 6.99. The molecular formula is C17H31NO2. The Morgan fingerprint density at radius 1 is 0.850 bits per heavy atom. The van der Waals surface area contributed by atoms with Crippen LogP contribution in [0.5, 0.6) is 11.5 Å². The molecule has 0 amide bonds. The molecule has 0 aromatic heterocycles. The number of hydrogen-bond acceptors (Lipinski definition) is 3. The van der Waals surface area contributed by atoms with Gasteiger partial charge in [-0.05, 0) is 32.0 Å².